The maximum absolute atomic E-state index is 11.4. The number of ether oxygens (including phenoxy) is 1. The highest BCUT2D eigenvalue weighted by Crippen LogP contribution is 2.69. The van der Waals surface area contributed by atoms with Gasteiger partial charge in [0, 0.05) is 18.4 Å². The van der Waals surface area contributed by atoms with E-state index in [1.165, 1.54) is 0 Å². The second kappa shape index (κ2) is 6.14. The van der Waals surface area contributed by atoms with Crippen LogP contribution in [0.25, 0.3) is 0 Å². The minimum atomic E-state index is -3.68. The van der Waals surface area contributed by atoms with Crippen LogP contribution in [0.5, 0.6) is 0 Å². The van der Waals surface area contributed by atoms with E-state index in [0.29, 0.717) is 18.1 Å². The molecule has 2 heterocycles. The van der Waals surface area contributed by atoms with Crippen LogP contribution in [-0.2, 0) is 21.2 Å². The summed E-state index contributed by atoms with van der Waals surface area (Å²) in [6, 6.07) is 6.74. The monoisotopic (exact) mass is 377 g/mol. The van der Waals surface area contributed by atoms with Crippen LogP contribution < -0.4 is 5.14 Å². The van der Waals surface area contributed by atoms with Gasteiger partial charge in [0.15, 0.2) is 5.82 Å². The van der Waals surface area contributed by atoms with E-state index in [2.05, 4.69) is 24.0 Å². The summed E-state index contributed by atoms with van der Waals surface area (Å²) >= 11 is 0. The number of nitrogens with zero attached hydrogens (tertiary/aromatic N) is 2. The van der Waals surface area contributed by atoms with Gasteiger partial charge in [-0.05, 0) is 36.0 Å². The first-order valence-electron chi connectivity index (χ1n) is 8.83. The molecule has 0 radical (unpaired) electrons. The molecule has 2 aliphatic rings. The van der Waals surface area contributed by atoms with E-state index in [1.807, 2.05) is 12.1 Å². The van der Waals surface area contributed by atoms with Crippen molar-refractivity contribution >= 4 is 10.0 Å². The molecule has 140 valence electrons. The molecule has 2 aromatic rings. The Morgan fingerprint density at radius 2 is 1.96 bits per heavy atom. The van der Waals surface area contributed by atoms with Crippen LogP contribution in [0, 0.1) is 5.41 Å². The summed E-state index contributed by atoms with van der Waals surface area (Å²) in [5.41, 5.74) is 1.03. The Labute approximate surface area is 153 Å². The molecule has 1 aromatic carbocycles. The van der Waals surface area contributed by atoms with E-state index in [0.717, 1.165) is 25.0 Å². The molecule has 3 atom stereocenters. The van der Waals surface area contributed by atoms with Gasteiger partial charge >= 0.3 is 0 Å². The maximum atomic E-state index is 11.4. The summed E-state index contributed by atoms with van der Waals surface area (Å²) in [5.74, 6) is 1.69. The van der Waals surface area contributed by atoms with E-state index in [1.54, 1.807) is 12.1 Å². The Bertz CT molecular complexity index is 899. The summed E-state index contributed by atoms with van der Waals surface area (Å²) in [6.07, 6.45) is 2.95. The second-order valence-electron chi connectivity index (χ2n) is 7.78. The first kappa shape index (κ1) is 17.6. The number of rotatable bonds is 5. The lowest BCUT2D eigenvalue weighted by Gasteiger charge is -2.04. The largest absolute Gasteiger partial charge is 0.378 e. The van der Waals surface area contributed by atoms with Crippen LogP contribution in [0.4, 0.5) is 0 Å². The molecule has 7 nitrogen and oxygen atoms in total. The topological polar surface area (TPSA) is 108 Å². The minimum Gasteiger partial charge on any atom is -0.378 e. The zero-order chi connectivity index (χ0) is 18.5. The van der Waals surface area contributed by atoms with E-state index < -0.39 is 10.0 Å². The van der Waals surface area contributed by atoms with Crippen molar-refractivity contribution in [3.8, 4) is 0 Å². The SMILES string of the molecule is CC1(C)[C@@H](c2ccc(S(N)(=O)=O)cc2)[C@@H]1c1noc(CC2CCCO2)n1. The molecular weight excluding hydrogens is 354 g/mol. The van der Waals surface area contributed by atoms with Gasteiger partial charge in [0.25, 0.3) is 0 Å². The van der Waals surface area contributed by atoms with Crippen molar-refractivity contribution in [2.75, 3.05) is 6.61 Å². The predicted octanol–water partition coefficient (Wildman–Crippen LogP) is 2.35. The van der Waals surface area contributed by atoms with E-state index in [4.69, 9.17) is 14.4 Å². The van der Waals surface area contributed by atoms with Crippen molar-refractivity contribution in [1.29, 1.82) is 0 Å². The van der Waals surface area contributed by atoms with Crippen molar-refractivity contribution in [3.05, 3.63) is 41.5 Å². The number of primary sulfonamides is 1. The summed E-state index contributed by atoms with van der Waals surface area (Å²) in [4.78, 5) is 4.71. The quantitative estimate of drug-likeness (QED) is 0.857. The van der Waals surface area contributed by atoms with Crippen molar-refractivity contribution in [2.45, 2.75) is 55.9 Å². The molecule has 0 bridgehead atoms. The van der Waals surface area contributed by atoms with Crippen LogP contribution in [0.3, 0.4) is 0 Å². The van der Waals surface area contributed by atoms with E-state index >= 15 is 0 Å². The summed E-state index contributed by atoms with van der Waals surface area (Å²) in [6.45, 7) is 5.12. The van der Waals surface area contributed by atoms with Crippen molar-refractivity contribution in [1.82, 2.24) is 10.1 Å². The highest BCUT2D eigenvalue weighted by molar-refractivity contribution is 7.89. The van der Waals surface area contributed by atoms with Gasteiger partial charge in [0.05, 0.1) is 17.4 Å². The standard InChI is InChI=1S/C18H23N3O4S/c1-18(2)15(11-5-7-13(8-6-11)26(19,22)23)16(18)17-20-14(25-21-17)10-12-4-3-9-24-12/h5-8,12,15-16H,3-4,9-10H2,1-2H3,(H2,19,22,23)/t12?,15-,16+/m0/s1. The second-order valence-corrected chi connectivity index (χ2v) is 9.34. The number of benzene rings is 1. The number of nitrogens with two attached hydrogens (primary N) is 1. The number of sulfonamides is 1. The molecule has 1 saturated carbocycles. The molecule has 0 spiro atoms. The maximum Gasteiger partial charge on any atom is 0.238 e. The Morgan fingerprint density at radius 3 is 2.58 bits per heavy atom. The molecule has 8 heteroatoms. The average Bonchev–Trinajstić information content (AvgIpc) is 3.00. The average molecular weight is 377 g/mol. The number of hydrogen-bond acceptors (Lipinski definition) is 6. The van der Waals surface area contributed by atoms with Gasteiger partial charge < -0.3 is 9.26 Å². The fourth-order valence-electron chi connectivity index (χ4n) is 4.08. The molecule has 0 amide bonds. The van der Waals surface area contributed by atoms with Gasteiger partial charge in [-0.15, -0.1) is 0 Å². The van der Waals surface area contributed by atoms with E-state index in [-0.39, 0.29) is 28.3 Å². The van der Waals surface area contributed by atoms with Crippen LogP contribution in [0.15, 0.2) is 33.7 Å². The molecule has 1 unspecified atom stereocenters. The molecule has 1 saturated heterocycles. The number of hydrogen-bond donors (Lipinski definition) is 1. The third-order valence-corrected chi connectivity index (χ3v) is 6.51. The molecule has 1 aliphatic heterocycles. The summed E-state index contributed by atoms with van der Waals surface area (Å²) in [7, 11) is -3.68. The molecule has 26 heavy (non-hydrogen) atoms. The molecule has 1 aromatic heterocycles. The number of aromatic nitrogens is 2. The third kappa shape index (κ3) is 3.17. The van der Waals surface area contributed by atoms with Crippen LogP contribution in [-0.4, -0.2) is 31.3 Å². The Balaban J connectivity index is 1.52. The highest BCUT2D eigenvalue weighted by Gasteiger charge is 2.61. The zero-order valence-corrected chi connectivity index (χ0v) is 15.7. The van der Waals surface area contributed by atoms with Crippen molar-refractivity contribution in [2.24, 2.45) is 10.6 Å². The van der Waals surface area contributed by atoms with Gasteiger partial charge in [-0.1, -0.05) is 31.1 Å². The minimum absolute atomic E-state index is 0.0197. The summed E-state index contributed by atoms with van der Waals surface area (Å²) < 4.78 is 33.9. The fraction of sp³-hybridized carbons (Fsp3) is 0.556. The highest BCUT2D eigenvalue weighted by atomic mass is 32.2. The van der Waals surface area contributed by atoms with Gasteiger partial charge in [0.2, 0.25) is 15.9 Å². The van der Waals surface area contributed by atoms with Crippen LogP contribution >= 0.6 is 0 Å². The van der Waals surface area contributed by atoms with Gasteiger partial charge in [0.1, 0.15) is 0 Å². The fourth-order valence-corrected chi connectivity index (χ4v) is 4.60. The molecule has 4 rings (SSSR count). The van der Waals surface area contributed by atoms with Crippen molar-refractivity contribution in [3.63, 3.8) is 0 Å². The van der Waals surface area contributed by atoms with Crippen LogP contribution in [0.2, 0.25) is 0 Å². The Hall–Kier alpha value is -1.77. The lowest BCUT2D eigenvalue weighted by molar-refractivity contribution is 0.104. The van der Waals surface area contributed by atoms with Crippen molar-refractivity contribution < 1.29 is 17.7 Å². The lowest BCUT2D eigenvalue weighted by atomic mass is 10.0. The van der Waals surface area contributed by atoms with Gasteiger partial charge in [-0.25, -0.2) is 13.6 Å². The molecular formula is C18H23N3O4S. The normalized spacial score (nSPS) is 27.6. The van der Waals surface area contributed by atoms with E-state index in [9.17, 15) is 8.42 Å². The Morgan fingerprint density at radius 1 is 1.23 bits per heavy atom. The first-order chi connectivity index (χ1) is 12.3. The molecule has 2 fully saturated rings. The molecule has 2 N–H and O–H groups in total. The van der Waals surface area contributed by atoms with Crippen LogP contribution in [0.1, 0.15) is 55.8 Å². The first-order valence-corrected chi connectivity index (χ1v) is 10.4. The zero-order valence-electron chi connectivity index (χ0n) is 14.9. The summed E-state index contributed by atoms with van der Waals surface area (Å²) in [5, 5.41) is 9.36. The van der Waals surface area contributed by atoms with Gasteiger partial charge in [-0.2, -0.15) is 4.98 Å². The Kier molecular flexibility index (Phi) is 4.17. The third-order valence-electron chi connectivity index (χ3n) is 5.58. The molecule has 1 aliphatic carbocycles. The predicted molar refractivity (Wildman–Crippen MR) is 94.1 cm³/mol. The smallest absolute Gasteiger partial charge is 0.238 e. The lowest BCUT2D eigenvalue weighted by Crippen LogP contribution is -2.11. The van der Waals surface area contributed by atoms with Gasteiger partial charge in [-0.3, -0.25) is 0 Å².